The number of halogens is 2. The summed E-state index contributed by atoms with van der Waals surface area (Å²) in [6.07, 6.45) is 1.99. The van der Waals surface area contributed by atoms with Crippen LogP contribution in [0.3, 0.4) is 0 Å². The molecule has 0 fully saturated rings. The number of anilines is 2. The Bertz CT molecular complexity index is 806. The standard InChI is InChI=1S/C18H16Cl2N2O2/c19-14-3-1-2-11(18(14)20)4-8-16(23)21-13-6-7-15-12(10-13)5-9-17(24)22-15/h1-3,6-7,10H,4-5,8-9H2,(H,21,23)(H,22,24). The highest BCUT2D eigenvalue weighted by Crippen LogP contribution is 2.27. The first kappa shape index (κ1) is 16.8. The van der Waals surface area contributed by atoms with Gasteiger partial charge < -0.3 is 10.6 Å². The van der Waals surface area contributed by atoms with E-state index in [1.54, 1.807) is 12.1 Å². The van der Waals surface area contributed by atoms with Gasteiger partial charge in [0, 0.05) is 24.2 Å². The Kier molecular flexibility index (Phi) is 5.07. The average molecular weight is 363 g/mol. The van der Waals surface area contributed by atoms with Crippen LogP contribution in [-0.2, 0) is 22.4 Å². The van der Waals surface area contributed by atoms with E-state index in [1.807, 2.05) is 24.3 Å². The minimum atomic E-state index is -0.0918. The first-order chi connectivity index (χ1) is 11.5. The maximum Gasteiger partial charge on any atom is 0.224 e. The molecule has 6 heteroatoms. The Morgan fingerprint density at radius 1 is 1.17 bits per heavy atom. The minimum absolute atomic E-state index is 0.0256. The van der Waals surface area contributed by atoms with Gasteiger partial charge in [0.25, 0.3) is 0 Å². The van der Waals surface area contributed by atoms with E-state index in [1.165, 1.54) is 0 Å². The van der Waals surface area contributed by atoms with Gasteiger partial charge in [-0.3, -0.25) is 9.59 Å². The Hall–Kier alpha value is -2.04. The van der Waals surface area contributed by atoms with Crippen LogP contribution in [0.25, 0.3) is 0 Å². The topological polar surface area (TPSA) is 58.2 Å². The predicted molar refractivity (Wildman–Crippen MR) is 96.8 cm³/mol. The number of rotatable bonds is 4. The lowest BCUT2D eigenvalue weighted by molar-refractivity contribution is -0.117. The van der Waals surface area contributed by atoms with Crippen LogP contribution < -0.4 is 10.6 Å². The summed E-state index contributed by atoms with van der Waals surface area (Å²) in [7, 11) is 0. The maximum atomic E-state index is 12.1. The van der Waals surface area contributed by atoms with Crippen molar-refractivity contribution in [3.8, 4) is 0 Å². The SMILES string of the molecule is O=C(CCc1cccc(Cl)c1Cl)Nc1ccc2c(c1)CCC(=O)N2. The van der Waals surface area contributed by atoms with Crippen molar-refractivity contribution < 1.29 is 9.59 Å². The first-order valence-electron chi connectivity index (χ1n) is 7.68. The summed E-state index contributed by atoms with van der Waals surface area (Å²) >= 11 is 12.1. The largest absolute Gasteiger partial charge is 0.326 e. The summed E-state index contributed by atoms with van der Waals surface area (Å²) in [5.41, 5.74) is 3.43. The van der Waals surface area contributed by atoms with Crippen LogP contribution in [0.2, 0.25) is 10.0 Å². The lowest BCUT2D eigenvalue weighted by Gasteiger charge is -2.17. The average Bonchev–Trinajstić information content (AvgIpc) is 2.56. The Balaban J connectivity index is 1.61. The van der Waals surface area contributed by atoms with E-state index in [0.717, 1.165) is 22.5 Å². The lowest BCUT2D eigenvalue weighted by atomic mass is 10.0. The molecule has 1 aliphatic heterocycles. The molecule has 2 aromatic carbocycles. The summed E-state index contributed by atoms with van der Waals surface area (Å²) in [4.78, 5) is 23.5. The molecular weight excluding hydrogens is 347 g/mol. The molecule has 0 spiro atoms. The van der Waals surface area contributed by atoms with Gasteiger partial charge in [-0.15, -0.1) is 0 Å². The summed E-state index contributed by atoms with van der Waals surface area (Å²) in [5, 5.41) is 6.69. The van der Waals surface area contributed by atoms with Gasteiger partial charge >= 0.3 is 0 Å². The van der Waals surface area contributed by atoms with Gasteiger partial charge in [0.1, 0.15) is 0 Å². The third kappa shape index (κ3) is 3.89. The summed E-state index contributed by atoms with van der Waals surface area (Å²) in [6, 6.07) is 10.9. The van der Waals surface area contributed by atoms with Gasteiger partial charge in [-0.1, -0.05) is 35.3 Å². The van der Waals surface area contributed by atoms with Gasteiger partial charge in [-0.25, -0.2) is 0 Å². The summed E-state index contributed by atoms with van der Waals surface area (Å²) < 4.78 is 0. The summed E-state index contributed by atoms with van der Waals surface area (Å²) in [6.45, 7) is 0. The zero-order valence-corrected chi connectivity index (χ0v) is 14.4. The highest BCUT2D eigenvalue weighted by molar-refractivity contribution is 6.42. The summed E-state index contributed by atoms with van der Waals surface area (Å²) in [5.74, 6) is -0.0662. The van der Waals surface area contributed by atoms with Crippen molar-refractivity contribution in [2.45, 2.75) is 25.7 Å². The number of hydrogen-bond acceptors (Lipinski definition) is 2. The van der Waals surface area contributed by atoms with E-state index in [0.29, 0.717) is 35.7 Å². The molecule has 0 saturated carbocycles. The molecule has 0 atom stereocenters. The molecule has 0 saturated heterocycles. The number of fused-ring (bicyclic) bond motifs is 1. The van der Waals surface area contributed by atoms with Gasteiger partial charge in [0.2, 0.25) is 11.8 Å². The number of hydrogen-bond donors (Lipinski definition) is 2. The molecule has 0 aliphatic carbocycles. The quantitative estimate of drug-likeness (QED) is 0.843. The maximum absolute atomic E-state index is 12.1. The normalized spacial score (nSPS) is 13.2. The first-order valence-corrected chi connectivity index (χ1v) is 8.44. The highest BCUT2D eigenvalue weighted by Gasteiger charge is 2.15. The monoisotopic (exact) mass is 362 g/mol. The molecule has 124 valence electrons. The molecule has 0 bridgehead atoms. The fourth-order valence-electron chi connectivity index (χ4n) is 2.67. The van der Waals surface area contributed by atoms with Crippen LogP contribution in [0.5, 0.6) is 0 Å². The van der Waals surface area contributed by atoms with Crippen LogP contribution in [-0.4, -0.2) is 11.8 Å². The molecule has 2 N–H and O–H groups in total. The highest BCUT2D eigenvalue weighted by atomic mass is 35.5. The number of aryl methyl sites for hydroxylation is 2. The van der Waals surface area contributed by atoms with Gasteiger partial charge in [-0.05, 0) is 48.2 Å². The molecule has 24 heavy (non-hydrogen) atoms. The van der Waals surface area contributed by atoms with Crippen LogP contribution in [0.4, 0.5) is 11.4 Å². The van der Waals surface area contributed by atoms with E-state index < -0.39 is 0 Å². The molecule has 0 radical (unpaired) electrons. The number of amides is 2. The van der Waals surface area contributed by atoms with E-state index in [-0.39, 0.29) is 11.8 Å². The van der Waals surface area contributed by atoms with E-state index in [4.69, 9.17) is 23.2 Å². The van der Waals surface area contributed by atoms with Crippen LogP contribution in [0.1, 0.15) is 24.0 Å². The molecule has 2 amide bonds. The van der Waals surface area contributed by atoms with Crippen molar-refractivity contribution in [3.63, 3.8) is 0 Å². The molecule has 0 aromatic heterocycles. The van der Waals surface area contributed by atoms with Crippen molar-refractivity contribution in [1.29, 1.82) is 0 Å². The van der Waals surface area contributed by atoms with Crippen LogP contribution >= 0.6 is 23.2 Å². The Morgan fingerprint density at radius 2 is 2.00 bits per heavy atom. The van der Waals surface area contributed by atoms with Gasteiger partial charge in [0.15, 0.2) is 0 Å². The lowest BCUT2D eigenvalue weighted by Crippen LogP contribution is -2.19. The molecule has 2 aromatic rings. The van der Waals surface area contributed by atoms with E-state index in [2.05, 4.69) is 10.6 Å². The molecule has 1 aliphatic rings. The minimum Gasteiger partial charge on any atom is -0.326 e. The second-order valence-electron chi connectivity index (χ2n) is 5.68. The number of nitrogens with one attached hydrogen (secondary N) is 2. The number of carbonyl (C=O) groups excluding carboxylic acids is 2. The molecule has 1 heterocycles. The van der Waals surface area contributed by atoms with Crippen LogP contribution in [0, 0.1) is 0 Å². The van der Waals surface area contributed by atoms with Crippen molar-refractivity contribution in [1.82, 2.24) is 0 Å². The molecular formula is C18H16Cl2N2O2. The van der Waals surface area contributed by atoms with Gasteiger partial charge in [0.05, 0.1) is 10.0 Å². The third-order valence-corrected chi connectivity index (χ3v) is 4.80. The van der Waals surface area contributed by atoms with Gasteiger partial charge in [-0.2, -0.15) is 0 Å². The number of benzene rings is 2. The third-order valence-electron chi connectivity index (χ3n) is 3.94. The zero-order chi connectivity index (χ0) is 17.1. The molecule has 0 unspecified atom stereocenters. The van der Waals surface area contributed by atoms with Crippen molar-refractivity contribution in [2.24, 2.45) is 0 Å². The van der Waals surface area contributed by atoms with Crippen LogP contribution in [0.15, 0.2) is 36.4 Å². The van der Waals surface area contributed by atoms with Crippen molar-refractivity contribution >= 4 is 46.4 Å². The zero-order valence-electron chi connectivity index (χ0n) is 12.9. The smallest absolute Gasteiger partial charge is 0.224 e. The van der Waals surface area contributed by atoms with Crippen molar-refractivity contribution in [3.05, 3.63) is 57.6 Å². The number of carbonyl (C=O) groups is 2. The Labute approximate surface area is 150 Å². The molecule has 4 nitrogen and oxygen atoms in total. The van der Waals surface area contributed by atoms with Crippen molar-refractivity contribution in [2.75, 3.05) is 10.6 Å². The Morgan fingerprint density at radius 3 is 2.83 bits per heavy atom. The fraction of sp³-hybridized carbons (Fsp3) is 0.222. The molecule has 3 rings (SSSR count). The van der Waals surface area contributed by atoms with E-state index >= 15 is 0 Å². The fourth-order valence-corrected chi connectivity index (χ4v) is 3.09. The van der Waals surface area contributed by atoms with E-state index in [9.17, 15) is 9.59 Å². The predicted octanol–water partition coefficient (Wildman–Crippen LogP) is 4.45. The second-order valence-corrected chi connectivity index (χ2v) is 6.47. The second kappa shape index (κ2) is 7.24.